The van der Waals surface area contributed by atoms with Crippen molar-refractivity contribution in [2.24, 2.45) is 0 Å². The Hall–Kier alpha value is -4.13. The van der Waals surface area contributed by atoms with Crippen molar-refractivity contribution in [2.45, 2.75) is 0 Å². The molecule has 34 heavy (non-hydrogen) atoms. The first-order chi connectivity index (χ1) is 16.6. The Morgan fingerprint density at radius 3 is 2.12 bits per heavy atom. The van der Waals surface area contributed by atoms with Crippen LogP contribution in [0.5, 0.6) is 11.5 Å². The third kappa shape index (κ3) is 4.37. The lowest BCUT2D eigenvalue weighted by Crippen LogP contribution is -2.49. The van der Waals surface area contributed by atoms with Crippen LogP contribution < -0.4 is 14.4 Å². The monoisotopic (exact) mass is 454 g/mol. The summed E-state index contributed by atoms with van der Waals surface area (Å²) >= 11 is 0. The zero-order chi connectivity index (χ0) is 23.5. The molecule has 4 aromatic rings. The van der Waals surface area contributed by atoms with Crippen molar-refractivity contribution in [3.63, 3.8) is 0 Å². The Bertz CT molecular complexity index is 1290. The van der Waals surface area contributed by atoms with Crippen LogP contribution in [-0.4, -0.2) is 61.4 Å². The summed E-state index contributed by atoms with van der Waals surface area (Å²) in [5.74, 6) is 1.99. The average molecular weight is 455 g/mol. The van der Waals surface area contributed by atoms with E-state index in [0.717, 1.165) is 17.1 Å². The number of aromatic nitrogens is 2. The quantitative estimate of drug-likeness (QED) is 0.449. The Balaban J connectivity index is 1.25. The highest BCUT2D eigenvalue weighted by Gasteiger charge is 2.24. The number of hydrogen-bond acceptors (Lipinski definition) is 6. The molecule has 1 amide bonds. The zero-order valence-electron chi connectivity index (χ0n) is 19.3. The van der Waals surface area contributed by atoms with Crippen LogP contribution in [0.25, 0.3) is 22.0 Å². The highest BCUT2D eigenvalue weighted by Crippen LogP contribution is 2.26. The number of carbonyl (C=O) groups excluding carboxylic acids is 1. The van der Waals surface area contributed by atoms with Gasteiger partial charge in [0.15, 0.2) is 5.82 Å². The normalized spacial score (nSPS) is 13.7. The van der Waals surface area contributed by atoms with E-state index in [4.69, 9.17) is 9.47 Å². The van der Waals surface area contributed by atoms with Crippen LogP contribution in [0.1, 0.15) is 10.4 Å². The third-order valence-electron chi connectivity index (χ3n) is 6.18. The maximum atomic E-state index is 13.0. The molecule has 0 atom stereocenters. The summed E-state index contributed by atoms with van der Waals surface area (Å²) in [5, 5.41) is 11.3. The lowest BCUT2D eigenvalue weighted by atomic mass is 10.1. The summed E-state index contributed by atoms with van der Waals surface area (Å²) in [6, 6.07) is 23.8. The standard InChI is InChI=1S/C27H26N4O3/c1-33-23-16-22(17-24(18-23)34-2)27(32)31-13-11-30(12-14-31)26-10-9-25(28-29-26)21-8-7-19-5-3-4-6-20(19)15-21/h3-10,15-18H,11-14H2,1-2H3. The molecule has 0 N–H and O–H groups in total. The second kappa shape index (κ2) is 9.39. The van der Waals surface area contributed by atoms with Gasteiger partial charge >= 0.3 is 0 Å². The molecule has 0 radical (unpaired) electrons. The first kappa shape index (κ1) is 21.7. The fourth-order valence-corrected chi connectivity index (χ4v) is 4.25. The number of nitrogens with zero attached hydrogens (tertiary/aromatic N) is 4. The van der Waals surface area contributed by atoms with Gasteiger partial charge in [0.05, 0.1) is 19.9 Å². The minimum absolute atomic E-state index is 0.0328. The molecule has 0 bridgehead atoms. The second-order valence-corrected chi connectivity index (χ2v) is 8.22. The Labute approximate surface area is 198 Å². The third-order valence-corrected chi connectivity index (χ3v) is 6.18. The summed E-state index contributed by atoms with van der Waals surface area (Å²) in [7, 11) is 3.15. The SMILES string of the molecule is COc1cc(OC)cc(C(=O)N2CCN(c3ccc(-c4ccc5ccccc5c4)nn3)CC2)c1. The van der Waals surface area contributed by atoms with Crippen LogP contribution in [-0.2, 0) is 0 Å². The van der Waals surface area contributed by atoms with Crippen LogP contribution in [0.15, 0.2) is 72.8 Å². The molecule has 7 nitrogen and oxygen atoms in total. The van der Waals surface area contributed by atoms with Crippen molar-refractivity contribution in [3.8, 4) is 22.8 Å². The molecule has 0 aliphatic carbocycles. The van der Waals surface area contributed by atoms with Gasteiger partial charge in [-0.3, -0.25) is 4.79 Å². The molecular weight excluding hydrogens is 428 g/mol. The number of rotatable bonds is 5. The van der Waals surface area contributed by atoms with E-state index in [-0.39, 0.29) is 5.91 Å². The first-order valence-electron chi connectivity index (χ1n) is 11.2. The minimum atomic E-state index is -0.0328. The van der Waals surface area contributed by atoms with Gasteiger partial charge in [0.25, 0.3) is 5.91 Å². The average Bonchev–Trinajstić information content (AvgIpc) is 2.92. The number of benzene rings is 3. The Kier molecular flexibility index (Phi) is 5.99. The second-order valence-electron chi connectivity index (χ2n) is 8.22. The fourth-order valence-electron chi connectivity index (χ4n) is 4.25. The van der Waals surface area contributed by atoms with Gasteiger partial charge in [-0.05, 0) is 41.1 Å². The number of carbonyl (C=O) groups is 1. The molecule has 1 aliphatic heterocycles. The van der Waals surface area contributed by atoms with Crippen molar-refractivity contribution in [2.75, 3.05) is 45.3 Å². The molecule has 0 saturated carbocycles. The van der Waals surface area contributed by atoms with Crippen molar-refractivity contribution in [3.05, 3.63) is 78.4 Å². The predicted octanol–water partition coefficient (Wildman–Crippen LogP) is 4.28. The Morgan fingerprint density at radius 2 is 1.47 bits per heavy atom. The molecule has 1 aliphatic rings. The van der Waals surface area contributed by atoms with Crippen LogP contribution >= 0.6 is 0 Å². The van der Waals surface area contributed by atoms with E-state index in [0.29, 0.717) is 43.2 Å². The van der Waals surface area contributed by atoms with Crippen LogP contribution in [0.2, 0.25) is 0 Å². The largest absolute Gasteiger partial charge is 0.497 e. The van der Waals surface area contributed by atoms with Gasteiger partial charge in [-0.1, -0.05) is 36.4 Å². The van der Waals surface area contributed by atoms with Crippen molar-refractivity contribution < 1.29 is 14.3 Å². The van der Waals surface area contributed by atoms with E-state index in [2.05, 4.69) is 45.4 Å². The number of ether oxygens (including phenoxy) is 2. The number of amides is 1. The number of piperazine rings is 1. The minimum Gasteiger partial charge on any atom is -0.497 e. The van der Waals surface area contributed by atoms with Gasteiger partial charge in [0.2, 0.25) is 0 Å². The molecule has 0 unspecified atom stereocenters. The maximum Gasteiger partial charge on any atom is 0.254 e. The van der Waals surface area contributed by atoms with E-state index >= 15 is 0 Å². The Morgan fingerprint density at radius 1 is 0.765 bits per heavy atom. The summed E-state index contributed by atoms with van der Waals surface area (Å²) in [6.45, 7) is 2.59. The highest BCUT2D eigenvalue weighted by atomic mass is 16.5. The molecule has 1 aromatic heterocycles. The molecule has 172 valence electrons. The van der Waals surface area contributed by atoms with Crippen LogP contribution in [0, 0.1) is 0 Å². The lowest BCUT2D eigenvalue weighted by molar-refractivity contribution is 0.0745. The topological polar surface area (TPSA) is 67.8 Å². The molecule has 2 heterocycles. The fraction of sp³-hybridized carbons (Fsp3) is 0.222. The van der Waals surface area contributed by atoms with Crippen LogP contribution in [0.3, 0.4) is 0 Å². The summed E-state index contributed by atoms with van der Waals surface area (Å²) in [6.07, 6.45) is 0. The van der Waals surface area contributed by atoms with Gasteiger partial charge in [-0.15, -0.1) is 10.2 Å². The number of methoxy groups -OCH3 is 2. The van der Waals surface area contributed by atoms with E-state index in [1.807, 2.05) is 29.2 Å². The molecule has 5 rings (SSSR count). The smallest absolute Gasteiger partial charge is 0.254 e. The van der Waals surface area contributed by atoms with Crippen LogP contribution in [0.4, 0.5) is 5.82 Å². The van der Waals surface area contributed by atoms with Gasteiger partial charge in [0.1, 0.15) is 11.5 Å². The molecule has 3 aromatic carbocycles. The van der Waals surface area contributed by atoms with Gasteiger partial charge in [-0.25, -0.2) is 0 Å². The number of hydrogen-bond donors (Lipinski definition) is 0. The van der Waals surface area contributed by atoms with E-state index in [1.165, 1.54) is 10.8 Å². The van der Waals surface area contributed by atoms with Gasteiger partial charge in [-0.2, -0.15) is 0 Å². The van der Waals surface area contributed by atoms with E-state index in [1.54, 1.807) is 32.4 Å². The molecular formula is C27H26N4O3. The van der Waals surface area contributed by atoms with Gasteiger partial charge in [0, 0.05) is 43.4 Å². The number of anilines is 1. The highest BCUT2D eigenvalue weighted by molar-refractivity contribution is 5.95. The van der Waals surface area contributed by atoms with Crippen molar-refractivity contribution in [1.29, 1.82) is 0 Å². The summed E-state index contributed by atoms with van der Waals surface area (Å²) < 4.78 is 10.6. The van der Waals surface area contributed by atoms with Crippen molar-refractivity contribution in [1.82, 2.24) is 15.1 Å². The summed E-state index contributed by atoms with van der Waals surface area (Å²) in [5.41, 5.74) is 2.45. The summed E-state index contributed by atoms with van der Waals surface area (Å²) in [4.78, 5) is 17.1. The van der Waals surface area contributed by atoms with Crippen molar-refractivity contribution >= 4 is 22.5 Å². The zero-order valence-corrected chi connectivity index (χ0v) is 19.3. The van der Waals surface area contributed by atoms with Gasteiger partial charge < -0.3 is 19.3 Å². The van der Waals surface area contributed by atoms with E-state index in [9.17, 15) is 4.79 Å². The number of fused-ring (bicyclic) bond motifs is 1. The predicted molar refractivity (Wildman–Crippen MR) is 133 cm³/mol. The molecule has 1 fully saturated rings. The lowest BCUT2D eigenvalue weighted by Gasteiger charge is -2.35. The van der Waals surface area contributed by atoms with E-state index < -0.39 is 0 Å². The molecule has 0 spiro atoms. The molecule has 1 saturated heterocycles. The maximum absolute atomic E-state index is 13.0. The molecule has 7 heteroatoms. The first-order valence-corrected chi connectivity index (χ1v) is 11.2.